The lowest BCUT2D eigenvalue weighted by atomic mass is 9.79. The average molecular weight is 442 g/mol. The summed E-state index contributed by atoms with van der Waals surface area (Å²) in [5, 5.41) is 4.63. The molecular formula is C23H23FN2O6. The maximum Gasteiger partial charge on any atom is 0.325 e. The number of ether oxygens (including phenoxy) is 3. The zero-order chi connectivity index (χ0) is 22.6. The molecule has 2 aliphatic rings. The third kappa shape index (κ3) is 4.66. The lowest BCUT2D eigenvalue weighted by Crippen LogP contribution is -2.40. The molecule has 1 heterocycles. The Hall–Kier alpha value is -3.62. The third-order valence-electron chi connectivity index (χ3n) is 5.61. The Morgan fingerprint density at radius 1 is 1.00 bits per heavy atom. The fraction of sp³-hybridized carbons (Fsp3) is 0.348. The molecule has 9 heteroatoms. The molecule has 168 valence electrons. The number of amides is 3. The van der Waals surface area contributed by atoms with E-state index in [1.165, 1.54) is 12.1 Å². The fourth-order valence-corrected chi connectivity index (χ4v) is 4.09. The lowest BCUT2D eigenvalue weighted by molar-refractivity contribution is -0.154. The number of hydrogen-bond donors (Lipinski definition) is 2. The van der Waals surface area contributed by atoms with Crippen molar-refractivity contribution in [2.75, 3.05) is 25.1 Å². The SMILES string of the molecule is O=C(COC(=O)C1(c2cccc(F)c2)CCCC1)NC(=O)Nc1ccc2c(c1)OCCO2. The quantitative estimate of drug-likeness (QED) is 0.689. The molecule has 32 heavy (non-hydrogen) atoms. The van der Waals surface area contributed by atoms with Gasteiger partial charge in [-0.1, -0.05) is 25.0 Å². The Kier molecular flexibility index (Phi) is 6.25. The van der Waals surface area contributed by atoms with Crippen LogP contribution in [0.4, 0.5) is 14.9 Å². The number of rotatable bonds is 5. The second-order valence-electron chi connectivity index (χ2n) is 7.74. The standard InChI is InChI=1S/C23H23FN2O6/c24-16-5-3-4-15(12-16)23(8-1-2-9-23)21(28)32-14-20(27)26-22(29)25-17-6-7-18-19(13-17)31-11-10-30-18/h3-7,12-13H,1-2,8-11,14H2,(H2,25,26,27,29). The van der Waals surface area contributed by atoms with Gasteiger partial charge in [-0.2, -0.15) is 0 Å². The summed E-state index contributed by atoms with van der Waals surface area (Å²) < 4.78 is 29.8. The molecule has 2 aromatic carbocycles. The van der Waals surface area contributed by atoms with Crippen LogP contribution >= 0.6 is 0 Å². The number of carbonyl (C=O) groups is 3. The van der Waals surface area contributed by atoms with E-state index in [-0.39, 0.29) is 0 Å². The molecule has 0 saturated heterocycles. The van der Waals surface area contributed by atoms with Crippen molar-refractivity contribution in [3.63, 3.8) is 0 Å². The van der Waals surface area contributed by atoms with Gasteiger partial charge < -0.3 is 19.5 Å². The molecular weight excluding hydrogens is 419 g/mol. The van der Waals surface area contributed by atoms with Gasteiger partial charge in [0, 0.05) is 11.8 Å². The molecule has 0 bridgehead atoms. The van der Waals surface area contributed by atoms with Gasteiger partial charge in [0.1, 0.15) is 19.0 Å². The molecule has 2 N–H and O–H groups in total. The molecule has 0 unspecified atom stereocenters. The highest BCUT2D eigenvalue weighted by atomic mass is 19.1. The molecule has 3 amide bonds. The summed E-state index contributed by atoms with van der Waals surface area (Å²) in [6.45, 7) is 0.238. The van der Waals surface area contributed by atoms with E-state index in [1.54, 1.807) is 30.3 Å². The van der Waals surface area contributed by atoms with Crippen molar-refractivity contribution >= 4 is 23.6 Å². The molecule has 1 fully saturated rings. The van der Waals surface area contributed by atoms with E-state index in [2.05, 4.69) is 10.6 Å². The first-order valence-electron chi connectivity index (χ1n) is 10.4. The summed E-state index contributed by atoms with van der Waals surface area (Å²) in [6, 6.07) is 9.95. The zero-order valence-corrected chi connectivity index (χ0v) is 17.3. The van der Waals surface area contributed by atoms with Crippen LogP contribution in [-0.4, -0.2) is 37.7 Å². The normalized spacial score (nSPS) is 16.2. The van der Waals surface area contributed by atoms with Gasteiger partial charge in [0.15, 0.2) is 18.1 Å². The van der Waals surface area contributed by atoms with E-state index in [4.69, 9.17) is 14.2 Å². The number of esters is 1. The molecule has 0 aromatic heterocycles. The van der Waals surface area contributed by atoms with Crippen molar-refractivity contribution in [3.05, 3.63) is 53.8 Å². The van der Waals surface area contributed by atoms with Crippen molar-refractivity contribution in [3.8, 4) is 11.5 Å². The first-order chi connectivity index (χ1) is 15.5. The highest BCUT2D eigenvalue weighted by Gasteiger charge is 2.44. The van der Waals surface area contributed by atoms with Crippen LogP contribution in [0.25, 0.3) is 0 Å². The Bertz CT molecular complexity index is 1030. The second kappa shape index (κ2) is 9.25. The zero-order valence-electron chi connectivity index (χ0n) is 17.3. The third-order valence-corrected chi connectivity index (χ3v) is 5.61. The van der Waals surface area contributed by atoms with Crippen molar-refractivity contribution in [1.29, 1.82) is 0 Å². The van der Waals surface area contributed by atoms with Gasteiger partial charge in [0.25, 0.3) is 5.91 Å². The predicted molar refractivity (Wildman–Crippen MR) is 112 cm³/mol. The van der Waals surface area contributed by atoms with Crippen LogP contribution in [0.2, 0.25) is 0 Å². The highest BCUT2D eigenvalue weighted by molar-refractivity contribution is 6.02. The fourth-order valence-electron chi connectivity index (χ4n) is 4.09. The van der Waals surface area contributed by atoms with Crippen molar-refractivity contribution < 1.29 is 33.0 Å². The number of hydrogen-bond acceptors (Lipinski definition) is 6. The number of urea groups is 1. The van der Waals surface area contributed by atoms with Crippen LogP contribution in [0.15, 0.2) is 42.5 Å². The van der Waals surface area contributed by atoms with Crippen LogP contribution < -0.4 is 20.1 Å². The summed E-state index contributed by atoms with van der Waals surface area (Å²) in [6.07, 6.45) is 2.63. The molecule has 1 saturated carbocycles. The van der Waals surface area contributed by atoms with Gasteiger partial charge in [-0.05, 0) is 42.7 Å². The minimum atomic E-state index is -0.976. The smallest absolute Gasteiger partial charge is 0.325 e. The molecule has 0 radical (unpaired) electrons. The van der Waals surface area contributed by atoms with Crippen molar-refractivity contribution in [2.45, 2.75) is 31.1 Å². The van der Waals surface area contributed by atoms with E-state index in [9.17, 15) is 18.8 Å². The second-order valence-corrected chi connectivity index (χ2v) is 7.74. The van der Waals surface area contributed by atoms with Crippen LogP contribution in [0.1, 0.15) is 31.2 Å². The summed E-state index contributed by atoms with van der Waals surface area (Å²) in [5.41, 5.74) is -0.0279. The Labute approximate surface area is 184 Å². The van der Waals surface area contributed by atoms with Gasteiger partial charge in [0.2, 0.25) is 0 Å². The average Bonchev–Trinajstić information content (AvgIpc) is 3.29. The van der Waals surface area contributed by atoms with E-state index in [0.717, 1.165) is 12.8 Å². The molecule has 8 nitrogen and oxygen atoms in total. The number of nitrogens with one attached hydrogen (secondary N) is 2. The van der Waals surface area contributed by atoms with Crippen LogP contribution in [0.3, 0.4) is 0 Å². The van der Waals surface area contributed by atoms with Crippen LogP contribution in [-0.2, 0) is 19.7 Å². The molecule has 4 rings (SSSR count). The summed E-state index contributed by atoms with van der Waals surface area (Å²) in [5.74, 6) is -0.739. The summed E-state index contributed by atoms with van der Waals surface area (Å²) >= 11 is 0. The first kappa shape index (κ1) is 21.6. The first-order valence-corrected chi connectivity index (χ1v) is 10.4. The van der Waals surface area contributed by atoms with Crippen LogP contribution in [0, 0.1) is 5.82 Å². The minimum absolute atomic E-state index is 0.406. The molecule has 2 aromatic rings. The Balaban J connectivity index is 1.32. The molecule has 1 aliphatic carbocycles. The van der Waals surface area contributed by atoms with Gasteiger partial charge in [-0.15, -0.1) is 0 Å². The van der Waals surface area contributed by atoms with Gasteiger partial charge in [-0.3, -0.25) is 14.9 Å². The number of imide groups is 1. The van der Waals surface area contributed by atoms with Crippen molar-refractivity contribution in [1.82, 2.24) is 5.32 Å². The van der Waals surface area contributed by atoms with Crippen LogP contribution in [0.5, 0.6) is 11.5 Å². The molecule has 0 spiro atoms. The van der Waals surface area contributed by atoms with Gasteiger partial charge in [0.05, 0.1) is 5.41 Å². The van der Waals surface area contributed by atoms with E-state index in [1.807, 2.05) is 0 Å². The largest absolute Gasteiger partial charge is 0.486 e. The number of fused-ring (bicyclic) bond motifs is 1. The number of anilines is 1. The van der Waals surface area contributed by atoms with Gasteiger partial charge in [-0.25, -0.2) is 9.18 Å². The predicted octanol–water partition coefficient (Wildman–Crippen LogP) is 3.30. The Morgan fingerprint density at radius 2 is 1.75 bits per heavy atom. The summed E-state index contributed by atoms with van der Waals surface area (Å²) in [4.78, 5) is 37.1. The Morgan fingerprint density at radius 3 is 2.50 bits per heavy atom. The highest BCUT2D eigenvalue weighted by Crippen LogP contribution is 2.42. The van der Waals surface area contributed by atoms with Crippen molar-refractivity contribution in [2.24, 2.45) is 0 Å². The maximum absolute atomic E-state index is 13.7. The maximum atomic E-state index is 13.7. The van der Waals surface area contributed by atoms with E-state index in [0.29, 0.717) is 48.8 Å². The van der Waals surface area contributed by atoms with E-state index >= 15 is 0 Å². The van der Waals surface area contributed by atoms with Gasteiger partial charge >= 0.3 is 12.0 Å². The molecule has 1 aliphatic heterocycles. The number of benzene rings is 2. The lowest BCUT2D eigenvalue weighted by Gasteiger charge is -2.27. The minimum Gasteiger partial charge on any atom is -0.486 e. The number of carbonyl (C=O) groups excluding carboxylic acids is 3. The topological polar surface area (TPSA) is 103 Å². The summed E-state index contributed by atoms with van der Waals surface area (Å²) in [7, 11) is 0. The monoisotopic (exact) mass is 442 g/mol. The van der Waals surface area contributed by atoms with E-state index < -0.39 is 35.7 Å². The number of halogens is 1. The molecule has 0 atom stereocenters.